The summed E-state index contributed by atoms with van der Waals surface area (Å²) in [5, 5.41) is 6.37. The number of hydrogen-bond acceptors (Lipinski definition) is 6. The minimum Gasteiger partial charge on any atom is -0.496 e. The van der Waals surface area contributed by atoms with E-state index in [0.717, 1.165) is 0 Å². The van der Waals surface area contributed by atoms with Crippen LogP contribution >= 0.6 is 11.6 Å². The number of anilines is 1. The molecule has 0 saturated carbocycles. The van der Waals surface area contributed by atoms with Gasteiger partial charge in [0, 0.05) is 42.8 Å². The van der Waals surface area contributed by atoms with Crippen molar-refractivity contribution < 1.29 is 23.9 Å². The van der Waals surface area contributed by atoms with Gasteiger partial charge in [0.05, 0.1) is 28.9 Å². The summed E-state index contributed by atoms with van der Waals surface area (Å²) in [6, 6.07) is 9.03. The number of aromatic nitrogens is 1. The Hall–Kier alpha value is -4.31. The summed E-state index contributed by atoms with van der Waals surface area (Å²) < 4.78 is 11.2. The molecule has 0 aliphatic carbocycles. The summed E-state index contributed by atoms with van der Waals surface area (Å²) in [7, 11) is 1.44. The number of halogens is 1. The first-order chi connectivity index (χ1) is 17.3. The number of primary amides is 1. The van der Waals surface area contributed by atoms with Crippen molar-refractivity contribution in [2.45, 2.75) is 12.5 Å². The number of ether oxygens (including phenoxy) is 2. The molecule has 1 aliphatic heterocycles. The van der Waals surface area contributed by atoms with E-state index in [1.807, 2.05) is 0 Å². The third-order valence-corrected chi connectivity index (χ3v) is 6.03. The van der Waals surface area contributed by atoms with Crippen molar-refractivity contribution in [2.75, 3.05) is 25.5 Å². The Morgan fingerprint density at radius 1 is 1.22 bits per heavy atom. The number of likely N-dealkylation sites (tertiary alicyclic amines) is 1. The van der Waals surface area contributed by atoms with Crippen molar-refractivity contribution in [2.24, 2.45) is 5.73 Å². The van der Waals surface area contributed by atoms with Crippen LogP contribution in [0.2, 0.25) is 5.02 Å². The SMILES string of the molecule is C=CC(=O)N1CCC(NC(=O)Nc2ccc(Oc3ccnc4cc(OC)c(C(N)=O)cc34)cc2Cl)C1. The van der Waals surface area contributed by atoms with Gasteiger partial charge in [0.1, 0.15) is 17.2 Å². The molecule has 4 amide bonds. The van der Waals surface area contributed by atoms with E-state index in [9.17, 15) is 14.4 Å². The number of rotatable bonds is 7. The van der Waals surface area contributed by atoms with Crippen molar-refractivity contribution in [1.82, 2.24) is 15.2 Å². The number of nitrogens with zero attached hydrogens (tertiary/aromatic N) is 2. The van der Waals surface area contributed by atoms with Gasteiger partial charge >= 0.3 is 6.03 Å². The van der Waals surface area contributed by atoms with Crippen molar-refractivity contribution >= 4 is 46.0 Å². The molecule has 1 aromatic heterocycles. The van der Waals surface area contributed by atoms with Crippen molar-refractivity contribution in [3.8, 4) is 17.2 Å². The van der Waals surface area contributed by atoms with Gasteiger partial charge in [0.2, 0.25) is 5.91 Å². The van der Waals surface area contributed by atoms with Crippen LogP contribution < -0.4 is 25.8 Å². The predicted octanol–water partition coefficient (Wildman–Crippen LogP) is 3.70. The molecule has 0 radical (unpaired) electrons. The largest absolute Gasteiger partial charge is 0.496 e. The molecule has 0 bridgehead atoms. The molecule has 0 spiro atoms. The Morgan fingerprint density at radius 2 is 2.03 bits per heavy atom. The van der Waals surface area contributed by atoms with Gasteiger partial charge in [-0.3, -0.25) is 14.6 Å². The number of amides is 4. The van der Waals surface area contributed by atoms with E-state index in [0.29, 0.717) is 53.3 Å². The number of nitrogens with one attached hydrogen (secondary N) is 2. The molecule has 1 unspecified atom stereocenters. The van der Waals surface area contributed by atoms with Crippen LogP contribution in [0.5, 0.6) is 17.2 Å². The maximum absolute atomic E-state index is 12.4. The van der Waals surface area contributed by atoms with Gasteiger partial charge in [-0.25, -0.2) is 4.79 Å². The van der Waals surface area contributed by atoms with E-state index < -0.39 is 11.9 Å². The minimum absolute atomic E-state index is 0.162. The number of carbonyl (C=O) groups is 3. The zero-order valence-electron chi connectivity index (χ0n) is 19.4. The van der Waals surface area contributed by atoms with Gasteiger partial charge in [-0.05, 0) is 36.8 Å². The Labute approximate surface area is 212 Å². The van der Waals surface area contributed by atoms with Crippen LogP contribution in [-0.4, -0.2) is 54.0 Å². The molecule has 186 valence electrons. The number of fused-ring (bicyclic) bond motifs is 1. The highest BCUT2D eigenvalue weighted by Crippen LogP contribution is 2.35. The third kappa shape index (κ3) is 5.33. The van der Waals surface area contributed by atoms with Crippen LogP contribution in [0.3, 0.4) is 0 Å². The topological polar surface area (TPSA) is 136 Å². The molecule has 1 aliphatic rings. The molecule has 36 heavy (non-hydrogen) atoms. The second kappa shape index (κ2) is 10.5. The molecule has 2 aromatic carbocycles. The summed E-state index contributed by atoms with van der Waals surface area (Å²) in [6.07, 6.45) is 3.47. The zero-order valence-corrected chi connectivity index (χ0v) is 20.2. The minimum atomic E-state index is -0.641. The van der Waals surface area contributed by atoms with E-state index >= 15 is 0 Å². The highest BCUT2D eigenvalue weighted by Gasteiger charge is 2.26. The second-order valence-corrected chi connectivity index (χ2v) is 8.47. The van der Waals surface area contributed by atoms with Crippen molar-refractivity contribution in [1.29, 1.82) is 0 Å². The molecular weight excluding hydrogens is 486 g/mol. The Bertz CT molecular complexity index is 1360. The lowest BCUT2D eigenvalue weighted by Gasteiger charge is -2.16. The maximum atomic E-state index is 12.4. The fraction of sp³-hybridized carbons (Fsp3) is 0.200. The number of methoxy groups -OCH3 is 1. The molecule has 1 saturated heterocycles. The first-order valence-electron chi connectivity index (χ1n) is 11.0. The lowest BCUT2D eigenvalue weighted by atomic mass is 10.1. The number of carbonyl (C=O) groups excluding carboxylic acids is 3. The highest BCUT2D eigenvalue weighted by atomic mass is 35.5. The van der Waals surface area contributed by atoms with Crippen molar-refractivity contribution in [3.63, 3.8) is 0 Å². The highest BCUT2D eigenvalue weighted by molar-refractivity contribution is 6.33. The van der Waals surface area contributed by atoms with Crippen molar-refractivity contribution in [3.05, 3.63) is 65.8 Å². The van der Waals surface area contributed by atoms with Crippen LogP contribution in [0.1, 0.15) is 16.8 Å². The Balaban J connectivity index is 1.46. The van der Waals surface area contributed by atoms with E-state index in [1.54, 1.807) is 47.5 Å². The molecule has 10 nitrogen and oxygen atoms in total. The van der Waals surface area contributed by atoms with Crippen LogP contribution in [0.15, 0.2) is 55.3 Å². The van der Waals surface area contributed by atoms with Crippen LogP contribution in [-0.2, 0) is 4.79 Å². The predicted molar refractivity (Wildman–Crippen MR) is 136 cm³/mol. The summed E-state index contributed by atoms with van der Waals surface area (Å²) in [5.41, 5.74) is 6.62. The quantitative estimate of drug-likeness (QED) is 0.415. The number of nitrogens with two attached hydrogens (primary N) is 1. The molecule has 4 rings (SSSR count). The lowest BCUT2D eigenvalue weighted by Crippen LogP contribution is -2.40. The second-order valence-electron chi connectivity index (χ2n) is 8.06. The summed E-state index contributed by atoms with van der Waals surface area (Å²) in [5.74, 6) is 0.348. The van der Waals surface area contributed by atoms with Gasteiger partial charge in [-0.15, -0.1) is 0 Å². The summed E-state index contributed by atoms with van der Waals surface area (Å²) >= 11 is 6.39. The van der Waals surface area contributed by atoms with E-state index in [1.165, 1.54) is 13.2 Å². The molecule has 2 heterocycles. The van der Waals surface area contributed by atoms with Crippen LogP contribution in [0.25, 0.3) is 10.9 Å². The maximum Gasteiger partial charge on any atom is 0.319 e. The number of pyridine rings is 1. The molecular formula is C25H24ClN5O5. The number of hydrogen-bond donors (Lipinski definition) is 3. The van der Waals surface area contributed by atoms with Gasteiger partial charge < -0.3 is 30.7 Å². The van der Waals surface area contributed by atoms with Gasteiger partial charge in [-0.1, -0.05) is 18.2 Å². The fourth-order valence-electron chi connectivity index (χ4n) is 3.94. The van der Waals surface area contributed by atoms with Crippen LogP contribution in [0.4, 0.5) is 10.5 Å². The number of urea groups is 1. The summed E-state index contributed by atoms with van der Waals surface area (Å²) in [6.45, 7) is 4.45. The lowest BCUT2D eigenvalue weighted by molar-refractivity contribution is -0.125. The molecule has 3 aromatic rings. The Morgan fingerprint density at radius 3 is 2.72 bits per heavy atom. The fourth-order valence-corrected chi connectivity index (χ4v) is 4.16. The van der Waals surface area contributed by atoms with E-state index in [2.05, 4.69) is 22.2 Å². The van der Waals surface area contributed by atoms with Gasteiger partial charge in [0.15, 0.2) is 0 Å². The zero-order chi connectivity index (χ0) is 25.8. The average molecular weight is 510 g/mol. The van der Waals surface area contributed by atoms with Gasteiger partial charge in [-0.2, -0.15) is 0 Å². The number of benzene rings is 2. The van der Waals surface area contributed by atoms with Crippen LogP contribution in [0, 0.1) is 0 Å². The third-order valence-electron chi connectivity index (χ3n) is 5.71. The summed E-state index contributed by atoms with van der Waals surface area (Å²) in [4.78, 5) is 41.9. The molecule has 1 fully saturated rings. The molecule has 1 atom stereocenters. The smallest absolute Gasteiger partial charge is 0.319 e. The molecule has 4 N–H and O–H groups in total. The normalized spacial score (nSPS) is 14.8. The van der Waals surface area contributed by atoms with Gasteiger partial charge in [0.25, 0.3) is 5.91 Å². The Kier molecular flexibility index (Phi) is 7.25. The first-order valence-corrected chi connectivity index (χ1v) is 11.4. The van der Waals surface area contributed by atoms with E-state index in [-0.39, 0.29) is 22.5 Å². The monoisotopic (exact) mass is 509 g/mol. The average Bonchev–Trinajstić information content (AvgIpc) is 3.32. The standard InChI is InChI=1S/C25H24ClN5O5/c1-3-23(32)31-9-7-14(13-31)29-25(34)30-19-5-4-15(10-18(19)26)36-21-6-8-28-20-12-22(35-2)17(24(27)33)11-16(20)21/h3-6,8,10-12,14H,1,7,9,13H2,2H3,(H2,27,33)(H2,29,30,34). The first kappa shape index (κ1) is 24.8. The molecule has 11 heteroatoms. The van der Waals surface area contributed by atoms with E-state index in [4.69, 9.17) is 26.8 Å².